The molecule has 0 aliphatic heterocycles. The van der Waals surface area contributed by atoms with Crippen molar-refractivity contribution in [1.29, 1.82) is 0 Å². The molecule has 3 N–H and O–H groups in total. The van der Waals surface area contributed by atoms with Gasteiger partial charge in [-0.15, -0.1) is 0 Å². The molecule has 0 bridgehead atoms. The molecule has 1 unspecified atom stereocenters. The molecule has 1 aromatic carbocycles. The number of hydrogen-bond acceptors (Lipinski definition) is 3. The number of rotatable bonds is 9. The number of amides is 1. The first-order chi connectivity index (χ1) is 9.24. The minimum atomic E-state index is 0.0709. The average Bonchev–Trinajstić information content (AvgIpc) is 2.45. The number of nitrogens with two attached hydrogens (primary N) is 1. The summed E-state index contributed by atoms with van der Waals surface area (Å²) in [6, 6.07) is 10.1. The molecule has 0 heterocycles. The molecule has 19 heavy (non-hydrogen) atoms. The van der Waals surface area contributed by atoms with Gasteiger partial charge in [0.2, 0.25) is 5.91 Å². The number of ether oxygens (including phenoxy) is 1. The average molecular weight is 264 g/mol. The predicted octanol–water partition coefficient (Wildman–Crippen LogP) is 2.01. The highest BCUT2D eigenvalue weighted by atomic mass is 16.5. The Labute approximate surface area is 115 Å². The lowest BCUT2D eigenvalue weighted by Gasteiger charge is -2.13. The highest BCUT2D eigenvalue weighted by Gasteiger charge is 2.04. The van der Waals surface area contributed by atoms with Crippen molar-refractivity contribution in [1.82, 2.24) is 5.32 Å². The zero-order chi connectivity index (χ0) is 13.9. The van der Waals surface area contributed by atoms with Crippen LogP contribution in [-0.2, 0) is 9.53 Å². The molecule has 0 saturated heterocycles. The van der Waals surface area contributed by atoms with Crippen LogP contribution in [0.5, 0.6) is 0 Å². The second-order valence-corrected chi connectivity index (χ2v) is 4.52. The molecule has 1 atom stereocenters. The lowest BCUT2D eigenvalue weighted by Crippen LogP contribution is -2.25. The standard InChI is InChI=1S/C15H24N2O2/c1-13(14-7-3-2-4-8-14)19-12-6-11-17-15(18)9-5-10-16/h2-4,7-8,13H,5-6,9-12,16H2,1H3,(H,17,18). The molecule has 1 amide bonds. The SMILES string of the molecule is CC(OCCCNC(=O)CCCN)c1ccccc1. The van der Waals surface area contributed by atoms with Crippen LogP contribution in [0.25, 0.3) is 0 Å². The van der Waals surface area contributed by atoms with E-state index in [1.807, 2.05) is 25.1 Å². The number of carbonyl (C=O) groups is 1. The fourth-order valence-corrected chi connectivity index (χ4v) is 1.73. The van der Waals surface area contributed by atoms with E-state index in [1.54, 1.807) is 0 Å². The van der Waals surface area contributed by atoms with Gasteiger partial charge in [0.05, 0.1) is 6.10 Å². The van der Waals surface area contributed by atoms with Gasteiger partial charge in [-0.1, -0.05) is 30.3 Å². The Morgan fingerprint density at radius 3 is 2.74 bits per heavy atom. The van der Waals surface area contributed by atoms with Crippen molar-refractivity contribution in [3.63, 3.8) is 0 Å². The maximum Gasteiger partial charge on any atom is 0.220 e. The second kappa shape index (κ2) is 9.53. The highest BCUT2D eigenvalue weighted by molar-refractivity contribution is 5.75. The van der Waals surface area contributed by atoms with Gasteiger partial charge in [-0.25, -0.2) is 0 Å². The topological polar surface area (TPSA) is 64.3 Å². The highest BCUT2D eigenvalue weighted by Crippen LogP contribution is 2.15. The van der Waals surface area contributed by atoms with Crippen LogP contribution in [-0.4, -0.2) is 25.6 Å². The third-order valence-electron chi connectivity index (χ3n) is 2.89. The Morgan fingerprint density at radius 2 is 2.05 bits per heavy atom. The van der Waals surface area contributed by atoms with Gasteiger partial charge in [-0.3, -0.25) is 4.79 Å². The fourth-order valence-electron chi connectivity index (χ4n) is 1.73. The van der Waals surface area contributed by atoms with E-state index in [0.29, 0.717) is 26.1 Å². The molecule has 0 aromatic heterocycles. The van der Waals surface area contributed by atoms with Crippen molar-refractivity contribution in [3.05, 3.63) is 35.9 Å². The Kier molecular flexibility index (Phi) is 7.86. The number of benzene rings is 1. The zero-order valence-corrected chi connectivity index (χ0v) is 11.6. The molecule has 1 rings (SSSR count). The molecule has 0 spiro atoms. The molecule has 4 heteroatoms. The minimum absolute atomic E-state index is 0.0709. The van der Waals surface area contributed by atoms with Crippen LogP contribution in [0.15, 0.2) is 30.3 Å². The Balaban J connectivity index is 2.06. The van der Waals surface area contributed by atoms with E-state index in [1.165, 1.54) is 5.56 Å². The first-order valence-corrected chi connectivity index (χ1v) is 6.87. The summed E-state index contributed by atoms with van der Waals surface area (Å²) in [6.07, 6.45) is 2.17. The summed E-state index contributed by atoms with van der Waals surface area (Å²) in [4.78, 5) is 11.3. The molecule has 0 aliphatic carbocycles. The van der Waals surface area contributed by atoms with Crippen molar-refractivity contribution in [2.75, 3.05) is 19.7 Å². The van der Waals surface area contributed by atoms with Gasteiger partial charge in [0.1, 0.15) is 0 Å². The van der Waals surface area contributed by atoms with Gasteiger partial charge in [-0.05, 0) is 31.9 Å². The second-order valence-electron chi connectivity index (χ2n) is 4.52. The zero-order valence-electron chi connectivity index (χ0n) is 11.6. The van der Waals surface area contributed by atoms with E-state index >= 15 is 0 Å². The summed E-state index contributed by atoms with van der Waals surface area (Å²) >= 11 is 0. The Morgan fingerprint density at radius 1 is 1.32 bits per heavy atom. The van der Waals surface area contributed by atoms with Gasteiger partial charge < -0.3 is 15.8 Å². The Hall–Kier alpha value is -1.39. The third-order valence-corrected chi connectivity index (χ3v) is 2.89. The van der Waals surface area contributed by atoms with Crippen LogP contribution in [0.3, 0.4) is 0 Å². The third kappa shape index (κ3) is 6.94. The lowest BCUT2D eigenvalue weighted by molar-refractivity contribution is -0.121. The molecular weight excluding hydrogens is 240 g/mol. The van der Waals surface area contributed by atoms with E-state index in [4.69, 9.17) is 10.5 Å². The van der Waals surface area contributed by atoms with Crippen molar-refractivity contribution in [3.8, 4) is 0 Å². The van der Waals surface area contributed by atoms with E-state index in [9.17, 15) is 4.79 Å². The van der Waals surface area contributed by atoms with E-state index in [-0.39, 0.29) is 12.0 Å². The molecule has 106 valence electrons. The Bertz CT molecular complexity index is 354. The summed E-state index contributed by atoms with van der Waals surface area (Å²) < 4.78 is 5.72. The number of nitrogens with one attached hydrogen (secondary N) is 1. The summed E-state index contributed by atoms with van der Waals surface area (Å²) in [5.74, 6) is 0.0709. The van der Waals surface area contributed by atoms with Crippen molar-refractivity contribution in [2.24, 2.45) is 5.73 Å². The van der Waals surface area contributed by atoms with Crippen molar-refractivity contribution in [2.45, 2.75) is 32.3 Å². The van der Waals surface area contributed by atoms with Crippen molar-refractivity contribution < 1.29 is 9.53 Å². The first-order valence-electron chi connectivity index (χ1n) is 6.87. The molecular formula is C15H24N2O2. The largest absolute Gasteiger partial charge is 0.374 e. The van der Waals surface area contributed by atoms with Crippen LogP contribution >= 0.6 is 0 Å². The minimum Gasteiger partial charge on any atom is -0.374 e. The number of carbonyl (C=O) groups excluding carboxylic acids is 1. The molecule has 0 saturated carbocycles. The monoisotopic (exact) mass is 264 g/mol. The first kappa shape index (κ1) is 15.7. The van der Waals surface area contributed by atoms with Crippen molar-refractivity contribution >= 4 is 5.91 Å². The van der Waals surface area contributed by atoms with E-state index in [0.717, 1.165) is 12.8 Å². The quantitative estimate of drug-likeness (QED) is 0.671. The van der Waals surface area contributed by atoms with Gasteiger partial charge >= 0.3 is 0 Å². The normalized spacial score (nSPS) is 12.1. The number of hydrogen-bond donors (Lipinski definition) is 2. The van der Waals surface area contributed by atoms with E-state index in [2.05, 4.69) is 17.4 Å². The van der Waals surface area contributed by atoms with Crippen LogP contribution in [0.2, 0.25) is 0 Å². The molecule has 0 fully saturated rings. The fraction of sp³-hybridized carbons (Fsp3) is 0.533. The maximum absolute atomic E-state index is 11.3. The van der Waals surface area contributed by atoms with Crippen LogP contribution in [0.4, 0.5) is 0 Å². The van der Waals surface area contributed by atoms with Gasteiger partial charge in [0, 0.05) is 19.6 Å². The molecule has 1 aromatic rings. The molecule has 0 aliphatic rings. The predicted molar refractivity (Wildman–Crippen MR) is 76.7 cm³/mol. The van der Waals surface area contributed by atoms with Gasteiger partial charge in [0.15, 0.2) is 0 Å². The van der Waals surface area contributed by atoms with Gasteiger partial charge in [-0.2, -0.15) is 0 Å². The summed E-state index contributed by atoms with van der Waals surface area (Å²) in [7, 11) is 0. The summed E-state index contributed by atoms with van der Waals surface area (Å²) in [5, 5.41) is 2.86. The maximum atomic E-state index is 11.3. The van der Waals surface area contributed by atoms with E-state index < -0.39 is 0 Å². The summed E-state index contributed by atoms with van der Waals surface area (Å²) in [5.41, 5.74) is 6.52. The molecule has 0 radical (unpaired) electrons. The van der Waals surface area contributed by atoms with Crippen LogP contribution in [0.1, 0.15) is 37.9 Å². The van der Waals surface area contributed by atoms with Gasteiger partial charge in [0.25, 0.3) is 0 Å². The van der Waals surface area contributed by atoms with Crippen LogP contribution in [0, 0.1) is 0 Å². The van der Waals surface area contributed by atoms with Crippen LogP contribution < -0.4 is 11.1 Å². The lowest BCUT2D eigenvalue weighted by atomic mass is 10.1. The summed E-state index contributed by atoms with van der Waals surface area (Å²) in [6.45, 7) is 3.90. The molecule has 4 nitrogen and oxygen atoms in total. The smallest absolute Gasteiger partial charge is 0.220 e.